The normalized spacial score (nSPS) is 10.2. The van der Waals surface area contributed by atoms with Gasteiger partial charge in [0.2, 0.25) is 0 Å². The third-order valence-electron chi connectivity index (χ3n) is 3.31. The predicted molar refractivity (Wildman–Crippen MR) is 99.4 cm³/mol. The fourth-order valence-electron chi connectivity index (χ4n) is 2.23. The lowest BCUT2D eigenvalue weighted by atomic mass is 10.1. The smallest absolute Gasteiger partial charge is 0.151 e. The summed E-state index contributed by atoms with van der Waals surface area (Å²) in [5.74, 6) is 0.255. The third kappa shape index (κ3) is 4.15. The quantitative estimate of drug-likeness (QED) is 0.539. The molecule has 0 amide bonds. The van der Waals surface area contributed by atoms with E-state index in [-0.39, 0.29) is 23.4 Å². The van der Waals surface area contributed by atoms with Gasteiger partial charge in [0.05, 0.1) is 11.4 Å². The molecule has 1 heterocycles. The third-order valence-corrected chi connectivity index (χ3v) is 4.08. The highest BCUT2D eigenvalue weighted by atomic mass is 35.5. The van der Waals surface area contributed by atoms with E-state index in [4.69, 9.17) is 11.1 Å². The number of nitrogens with one attached hydrogen (secondary N) is 1. The molecular weight excluding hydrogens is 347 g/mol. The molecule has 0 fully saturated rings. The lowest BCUT2D eigenvalue weighted by Gasteiger charge is -2.02. The van der Waals surface area contributed by atoms with Crippen molar-refractivity contribution in [2.75, 3.05) is 0 Å². The van der Waals surface area contributed by atoms with Crippen LogP contribution in [0.1, 0.15) is 5.56 Å². The van der Waals surface area contributed by atoms with Gasteiger partial charge in [0.25, 0.3) is 0 Å². The molecule has 0 bridgehead atoms. The van der Waals surface area contributed by atoms with Crippen molar-refractivity contribution in [1.29, 1.82) is 5.41 Å². The maximum Gasteiger partial charge on any atom is 0.151 e. The number of hydrogen-bond acceptors (Lipinski definition) is 3. The van der Waals surface area contributed by atoms with E-state index in [1.807, 2.05) is 36.5 Å². The lowest BCUT2D eigenvalue weighted by Crippen LogP contribution is -2.03. The molecule has 3 rings (SSSR count). The van der Waals surface area contributed by atoms with E-state index >= 15 is 0 Å². The molecular formula is C17H16ClFN4S. The molecule has 1 aromatic heterocycles. The molecule has 124 valence electrons. The summed E-state index contributed by atoms with van der Waals surface area (Å²) in [4.78, 5) is 0. The van der Waals surface area contributed by atoms with Gasteiger partial charge in [0.1, 0.15) is 5.82 Å². The number of rotatable bonds is 4. The second kappa shape index (κ2) is 7.99. The number of amidine groups is 1. The summed E-state index contributed by atoms with van der Waals surface area (Å²) in [6.07, 6.45) is 1.92. The van der Waals surface area contributed by atoms with Crippen LogP contribution < -0.4 is 5.73 Å². The molecule has 0 aliphatic carbocycles. The topological polar surface area (TPSA) is 67.7 Å². The van der Waals surface area contributed by atoms with Crippen molar-refractivity contribution in [1.82, 2.24) is 9.78 Å². The SMILES string of the molecule is Cl.N=C(N)SCc1cn(-c2ccccc2)nc1-c1ccc(F)cc1. The molecule has 0 saturated heterocycles. The molecule has 3 aromatic rings. The zero-order valence-electron chi connectivity index (χ0n) is 12.6. The Labute approximate surface area is 149 Å². The summed E-state index contributed by atoms with van der Waals surface area (Å²) < 4.78 is 14.9. The van der Waals surface area contributed by atoms with Crippen molar-refractivity contribution in [2.24, 2.45) is 5.73 Å². The fraction of sp³-hybridized carbons (Fsp3) is 0.0588. The minimum Gasteiger partial charge on any atom is -0.379 e. The summed E-state index contributed by atoms with van der Waals surface area (Å²) in [6, 6.07) is 16.0. The number of hydrogen-bond donors (Lipinski definition) is 2. The van der Waals surface area contributed by atoms with Gasteiger partial charge in [-0.3, -0.25) is 5.41 Å². The minimum absolute atomic E-state index is 0. The van der Waals surface area contributed by atoms with Crippen molar-refractivity contribution < 1.29 is 4.39 Å². The van der Waals surface area contributed by atoms with Crippen LogP contribution in [0.2, 0.25) is 0 Å². The molecule has 0 saturated carbocycles. The minimum atomic E-state index is -0.282. The average Bonchev–Trinajstić information content (AvgIpc) is 2.99. The van der Waals surface area contributed by atoms with Crippen LogP contribution in [0.5, 0.6) is 0 Å². The van der Waals surface area contributed by atoms with E-state index in [1.165, 1.54) is 23.9 Å². The van der Waals surface area contributed by atoms with E-state index in [9.17, 15) is 4.39 Å². The number of benzene rings is 2. The van der Waals surface area contributed by atoms with Crippen LogP contribution in [0.25, 0.3) is 16.9 Å². The maximum atomic E-state index is 13.2. The number of thioether (sulfide) groups is 1. The Kier molecular flexibility index (Phi) is 6.00. The molecule has 3 N–H and O–H groups in total. The number of nitrogens with zero attached hydrogens (tertiary/aromatic N) is 2. The highest BCUT2D eigenvalue weighted by molar-refractivity contribution is 8.13. The molecule has 0 spiro atoms. The van der Waals surface area contributed by atoms with E-state index in [1.54, 1.807) is 16.8 Å². The second-order valence-corrected chi connectivity index (χ2v) is 5.96. The van der Waals surface area contributed by atoms with Crippen LogP contribution in [0.3, 0.4) is 0 Å². The first-order valence-corrected chi connectivity index (χ1v) is 7.99. The molecule has 4 nitrogen and oxygen atoms in total. The Hall–Kier alpha value is -2.31. The van der Waals surface area contributed by atoms with Gasteiger partial charge in [0, 0.05) is 23.1 Å². The summed E-state index contributed by atoms with van der Waals surface area (Å²) >= 11 is 1.24. The van der Waals surface area contributed by atoms with E-state index in [0.29, 0.717) is 5.75 Å². The van der Waals surface area contributed by atoms with Gasteiger partial charge in [-0.15, -0.1) is 12.4 Å². The van der Waals surface area contributed by atoms with E-state index in [2.05, 4.69) is 5.10 Å². The van der Waals surface area contributed by atoms with Crippen LogP contribution in [0, 0.1) is 11.2 Å². The van der Waals surface area contributed by atoms with Crippen molar-refractivity contribution in [3.8, 4) is 16.9 Å². The average molecular weight is 363 g/mol. The van der Waals surface area contributed by atoms with Crippen LogP contribution in [0.15, 0.2) is 60.8 Å². The maximum absolute atomic E-state index is 13.2. The van der Waals surface area contributed by atoms with Crippen molar-refractivity contribution in [3.05, 3.63) is 72.2 Å². The monoisotopic (exact) mass is 362 g/mol. The van der Waals surface area contributed by atoms with Crippen LogP contribution in [0.4, 0.5) is 4.39 Å². The zero-order chi connectivity index (χ0) is 16.2. The van der Waals surface area contributed by atoms with Gasteiger partial charge < -0.3 is 5.73 Å². The van der Waals surface area contributed by atoms with Gasteiger partial charge in [-0.2, -0.15) is 5.10 Å². The van der Waals surface area contributed by atoms with Gasteiger partial charge in [-0.25, -0.2) is 9.07 Å². The first kappa shape index (κ1) is 18.0. The van der Waals surface area contributed by atoms with E-state index < -0.39 is 0 Å². The Morgan fingerprint density at radius 3 is 2.42 bits per heavy atom. The number of halogens is 2. The summed E-state index contributed by atoms with van der Waals surface area (Å²) in [6.45, 7) is 0. The summed E-state index contributed by atoms with van der Waals surface area (Å²) in [7, 11) is 0. The van der Waals surface area contributed by atoms with Crippen LogP contribution in [-0.4, -0.2) is 14.9 Å². The van der Waals surface area contributed by atoms with Crippen molar-refractivity contribution in [3.63, 3.8) is 0 Å². The number of nitrogens with two attached hydrogens (primary N) is 1. The molecule has 7 heteroatoms. The summed E-state index contributed by atoms with van der Waals surface area (Å²) in [5, 5.41) is 12.1. The first-order chi connectivity index (χ1) is 11.1. The lowest BCUT2D eigenvalue weighted by molar-refractivity contribution is 0.628. The molecule has 0 aliphatic rings. The molecule has 0 radical (unpaired) electrons. The first-order valence-electron chi connectivity index (χ1n) is 7.00. The van der Waals surface area contributed by atoms with E-state index in [0.717, 1.165) is 22.5 Å². The molecule has 0 atom stereocenters. The van der Waals surface area contributed by atoms with Crippen LogP contribution >= 0.6 is 24.2 Å². The number of para-hydroxylation sites is 1. The van der Waals surface area contributed by atoms with Gasteiger partial charge in [-0.05, 0) is 36.4 Å². The van der Waals surface area contributed by atoms with Crippen molar-refractivity contribution >= 4 is 29.3 Å². The molecule has 2 aromatic carbocycles. The fourth-order valence-corrected chi connectivity index (χ4v) is 2.76. The van der Waals surface area contributed by atoms with Crippen molar-refractivity contribution in [2.45, 2.75) is 5.75 Å². The Morgan fingerprint density at radius 1 is 1.12 bits per heavy atom. The molecule has 24 heavy (non-hydrogen) atoms. The standard InChI is InChI=1S/C17H15FN4S.ClH/c18-14-8-6-12(7-9-14)16-13(11-23-17(19)20)10-22(21-16)15-4-2-1-3-5-15;/h1-10H,11H2,(H3,19,20);1H. The Balaban J connectivity index is 0.00000208. The van der Waals surface area contributed by atoms with Crippen LogP contribution in [-0.2, 0) is 5.75 Å². The molecule has 0 unspecified atom stereocenters. The largest absolute Gasteiger partial charge is 0.379 e. The second-order valence-electron chi connectivity index (χ2n) is 4.94. The predicted octanol–water partition coefficient (Wildman–Crippen LogP) is 4.23. The number of aromatic nitrogens is 2. The highest BCUT2D eigenvalue weighted by Crippen LogP contribution is 2.27. The Bertz CT molecular complexity index is 818. The summed E-state index contributed by atoms with van der Waals surface area (Å²) in [5.41, 5.74) is 8.92. The van der Waals surface area contributed by atoms with Gasteiger partial charge >= 0.3 is 0 Å². The van der Waals surface area contributed by atoms with Gasteiger partial charge in [0.15, 0.2) is 5.17 Å². The molecule has 0 aliphatic heterocycles. The van der Waals surface area contributed by atoms with Gasteiger partial charge in [-0.1, -0.05) is 30.0 Å². The highest BCUT2D eigenvalue weighted by Gasteiger charge is 2.13. The Morgan fingerprint density at radius 2 is 1.79 bits per heavy atom. The zero-order valence-corrected chi connectivity index (χ0v) is 14.3.